The number of halogens is 1. The third-order valence-corrected chi connectivity index (χ3v) is 4.11. The first-order valence-corrected chi connectivity index (χ1v) is 8.44. The number of aromatic nitrogens is 5. The Hall–Kier alpha value is -1.93. The van der Waals surface area contributed by atoms with E-state index in [1.165, 1.54) is 16.4 Å². The minimum atomic E-state index is -0.182. The van der Waals surface area contributed by atoms with E-state index in [-0.39, 0.29) is 5.56 Å². The van der Waals surface area contributed by atoms with Crippen molar-refractivity contribution < 1.29 is 0 Å². The van der Waals surface area contributed by atoms with Gasteiger partial charge in [0.2, 0.25) is 0 Å². The van der Waals surface area contributed by atoms with Gasteiger partial charge in [0, 0.05) is 6.20 Å². The van der Waals surface area contributed by atoms with E-state index in [1.54, 1.807) is 16.8 Å². The molecule has 0 saturated carbocycles. The molecule has 3 rings (SSSR count). The van der Waals surface area contributed by atoms with Gasteiger partial charge < -0.3 is 0 Å². The molecule has 0 amide bonds. The lowest BCUT2D eigenvalue weighted by Crippen LogP contribution is -2.16. The second kappa shape index (κ2) is 6.05. The molecule has 0 bridgehead atoms. The van der Waals surface area contributed by atoms with Gasteiger partial charge >= 0.3 is 0 Å². The molecule has 0 saturated heterocycles. The molecular weight excluding hydrogens is 366 g/mol. The fourth-order valence-corrected chi connectivity index (χ4v) is 2.91. The lowest BCUT2D eigenvalue weighted by Gasteiger charge is -2.11. The summed E-state index contributed by atoms with van der Waals surface area (Å²) in [5.41, 5.74) is 0.278. The van der Waals surface area contributed by atoms with Crippen molar-refractivity contribution in [1.82, 2.24) is 24.3 Å². The van der Waals surface area contributed by atoms with E-state index in [0.717, 1.165) is 0 Å². The average Bonchev–Trinajstić information content (AvgIpc) is 2.82. The predicted molar refractivity (Wildman–Crippen MR) is 89.7 cm³/mol. The standard InChI is InChI=1S/C14H12BrN5OS/c1-3-7-20-13(21)9-8-19(11-6-4-5-10(15)16-11)14(22-2)17-12(9)18-20/h3-6,8H,1,7H2,2H3. The Morgan fingerprint density at radius 3 is 2.91 bits per heavy atom. The number of thioether (sulfide) groups is 1. The van der Waals surface area contributed by atoms with Gasteiger partial charge in [-0.15, -0.1) is 11.7 Å². The SMILES string of the molecule is C=CCn1nc2nc(SC)n(-c3cccc(Br)n3)cc-2c1=O. The highest BCUT2D eigenvalue weighted by atomic mass is 79.9. The predicted octanol–water partition coefficient (Wildman–Crippen LogP) is 2.60. The molecule has 0 fully saturated rings. The molecule has 0 aromatic carbocycles. The van der Waals surface area contributed by atoms with Crippen LogP contribution in [0.4, 0.5) is 0 Å². The van der Waals surface area contributed by atoms with E-state index in [2.05, 4.69) is 37.6 Å². The van der Waals surface area contributed by atoms with Gasteiger partial charge in [-0.3, -0.25) is 9.36 Å². The van der Waals surface area contributed by atoms with Crippen molar-refractivity contribution in [3.63, 3.8) is 0 Å². The van der Waals surface area contributed by atoms with Crippen LogP contribution in [0.2, 0.25) is 0 Å². The largest absolute Gasteiger partial charge is 0.279 e. The quantitative estimate of drug-likeness (QED) is 0.302. The normalized spacial score (nSPS) is 11.0. The van der Waals surface area contributed by atoms with Crippen LogP contribution in [0.15, 0.2) is 51.6 Å². The maximum absolute atomic E-state index is 12.3. The first kappa shape index (κ1) is 15.0. The van der Waals surface area contributed by atoms with Crippen molar-refractivity contribution in [2.75, 3.05) is 6.26 Å². The van der Waals surface area contributed by atoms with Crippen LogP contribution in [0.5, 0.6) is 0 Å². The summed E-state index contributed by atoms with van der Waals surface area (Å²) in [5.74, 6) is 1.12. The van der Waals surface area contributed by atoms with Crippen LogP contribution in [0, 0.1) is 0 Å². The maximum atomic E-state index is 12.3. The summed E-state index contributed by atoms with van der Waals surface area (Å²) in [6.07, 6.45) is 5.28. The number of allylic oxidation sites excluding steroid dienone is 1. The Balaban J connectivity index is 2.26. The van der Waals surface area contributed by atoms with Crippen molar-refractivity contribution >= 4 is 27.7 Å². The molecule has 0 unspecified atom stereocenters. The zero-order valence-electron chi connectivity index (χ0n) is 11.7. The minimum absolute atomic E-state index is 0.182. The molecule has 2 aliphatic rings. The van der Waals surface area contributed by atoms with Gasteiger partial charge in [0.25, 0.3) is 5.56 Å². The molecule has 3 heterocycles. The first-order valence-electron chi connectivity index (χ1n) is 6.42. The Morgan fingerprint density at radius 2 is 2.23 bits per heavy atom. The molecule has 0 radical (unpaired) electrons. The smallest absolute Gasteiger partial charge is 0.279 e. The van der Waals surface area contributed by atoms with Crippen molar-refractivity contribution in [3.05, 3.63) is 52.0 Å². The van der Waals surface area contributed by atoms with E-state index in [0.29, 0.717) is 33.5 Å². The number of fused-ring (bicyclic) bond motifs is 1. The topological polar surface area (TPSA) is 65.6 Å². The highest BCUT2D eigenvalue weighted by Crippen LogP contribution is 2.23. The molecular formula is C14H12BrN5OS. The van der Waals surface area contributed by atoms with E-state index in [1.807, 2.05) is 24.5 Å². The van der Waals surface area contributed by atoms with Crippen LogP contribution in [-0.2, 0) is 6.54 Å². The van der Waals surface area contributed by atoms with Gasteiger partial charge in [0.05, 0.1) is 6.54 Å². The van der Waals surface area contributed by atoms with Gasteiger partial charge in [-0.1, -0.05) is 23.9 Å². The van der Waals surface area contributed by atoms with Crippen molar-refractivity contribution in [2.24, 2.45) is 0 Å². The molecule has 8 heteroatoms. The van der Waals surface area contributed by atoms with Gasteiger partial charge in [-0.25, -0.2) is 14.6 Å². The molecule has 6 nitrogen and oxygen atoms in total. The van der Waals surface area contributed by atoms with Crippen LogP contribution in [0.3, 0.4) is 0 Å². The summed E-state index contributed by atoms with van der Waals surface area (Å²) in [6.45, 7) is 3.99. The number of nitrogens with zero attached hydrogens (tertiary/aromatic N) is 5. The lowest BCUT2D eigenvalue weighted by molar-refractivity contribution is 0.678. The van der Waals surface area contributed by atoms with Crippen LogP contribution >= 0.6 is 27.7 Å². The van der Waals surface area contributed by atoms with Crippen molar-refractivity contribution in [2.45, 2.75) is 11.7 Å². The third-order valence-electron chi connectivity index (χ3n) is 3.02. The van der Waals surface area contributed by atoms with Crippen LogP contribution in [0.1, 0.15) is 0 Å². The Labute approximate surface area is 139 Å². The summed E-state index contributed by atoms with van der Waals surface area (Å²) >= 11 is 4.82. The van der Waals surface area contributed by atoms with E-state index >= 15 is 0 Å². The van der Waals surface area contributed by atoms with Crippen molar-refractivity contribution in [1.29, 1.82) is 0 Å². The monoisotopic (exact) mass is 377 g/mol. The highest BCUT2D eigenvalue weighted by molar-refractivity contribution is 9.10. The molecule has 112 valence electrons. The van der Waals surface area contributed by atoms with Crippen LogP contribution in [0.25, 0.3) is 17.2 Å². The average molecular weight is 378 g/mol. The minimum Gasteiger partial charge on any atom is -0.279 e. The number of pyridine rings is 1. The number of hydrogen-bond acceptors (Lipinski definition) is 5. The maximum Gasteiger partial charge on any atom is 0.279 e. The Kier molecular flexibility index (Phi) is 4.12. The Morgan fingerprint density at radius 1 is 1.41 bits per heavy atom. The lowest BCUT2D eigenvalue weighted by atomic mass is 10.3. The van der Waals surface area contributed by atoms with E-state index < -0.39 is 0 Å². The van der Waals surface area contributed by atoms with Gasteiger partial charge in [-0.2, -0.15) is 0 Å². The van der Waals surface area contributed by atoms with Gasteiger partial charge in [0.15, 0.2) is 11.0 Å². The van der Waals surface area contributed by atoms with E-state index in [9.17, 15) is 4.79 Å². The summed E-state index contributed by atoms with van der Waals surface area (Å²) in [7, 11) is 0. The third kappa shape index (κ3) is 2.59. The first-order chi connectivity index (χ1) is 10.6. The Bertz CT molecular complexity index is 872. The summed E-state index contributed by atoms with van der Waals surface area (Å²) in [5, 5.41) is 4.94. The number of hydrogen-bond donors (Lipinski definition) is 0. The fourth-order valence-electron chi connectivity index (χ4n) is 2.06. The molecule has 0 N–H and O–H groups in total. The van der Waals surface area contributed by atoms with Gasteiger partial charge in [0.1, 0.15) is 16.0 Å². The second-order valence-electron chi connectivity index (χ2n) is 4.43. The second-order valence-corrected chi connectivity index (χ2v) is 6.02. The van der Waals surface area contributed by atoms with Crippen molar-refractivity contribution in [3.8, 4) is 17.2 Å². The van der Waals surface area contributed by atoms with E-state index in [4.69, 9.17) is 0 Å². The molecule has 22 heavy (non-hydrogen) atoms. The summed E-state index contributed by atoms with van der Waals surface area (Å²) in [4.78, 5) is 21.2. The zero-order valence-corrected chi connectivity index (χ0v) is 14.1. The fraction of sp³-hybridized carbons (Fsp3) is 0.143. The summed E-state index contributed by atoms with van der Waals surface area (Å²) in [6, 6.07) is 5.58. The number of rotatable bonds is 4. The molecule has 1 aromatic heterocycles. The molecule has 0 spiro atoms. The molecule has 0 atom stereocenters. The molecule has 0 aliphatic carbocycles. The highest BCUT2D eigenvalue weighted by Gasteiger charge is 2.19. The van der Waals surface area contributed by atoms with Crippen LogP contribution < -0.4 is 5.56 Å². The summed E-state index contributed by atoms with van der Waals surface area (Å²) < 4.78 is 3.86. The molecule has 1 aromatic rings. The van der Waals surface area contributed by atoms with Gasteiger partial charge in [-0.05, 0) is 34.3 Å². The zero-order chi connectivity index (χ0) is 15.7. The van der Waals surface area contributed by atoms with Crippen LogP contribution in [-0.4, -0.2) is 30.6 Å². The molecule has 2 aliphatic heterocycles.